The van der Waals surface area contributed by atoms with Gasteiger partial charge >= 0.3 is 0 Å². The van der Waals surface area contributed by atoms with Crippen LogP contribution >= 0.6 is 27.7 Å². The summed E-state index contributed by atoms with van der Waals surface area (Å²) in [5.74, 6) is 3.08. The first-order valence-electron chi connectivity index (χ1n) is 4.29. The van der Waals surface area contributed by atoms with Crippen molar-refractivity contribution in [1.29, 1.82) is 0 Å². The van der Waals surface area contributed by atoms with Crippen LogP contribution in [0, 0.1) is 0 Å². The molecule has 0 unspecified atom stereocenters. The molecule has 0 N–H and O–H groups in total. The molecule has 0 radical (unpaired) electrons. The maximum atomic E-state index is 4.33. The molecule has 2 rings (SSSR count). The van der Waals surface area contributed by atoms with E-state index in [9.17, 15) is 0 Å². The highest BCUT2D eigenvalue weighted by atomic mass is 79.9. The fourth-order valence-corrected chi connectivity index (χ4v) is 2.89. The molecule has 0 bridgehead atoms. The Bertz CT molecular complexity index is 288. The van der Waals surface area contributed by atoms with Crippen molar-refractivity contribution in [2.24, 2.45) is 0 Å². The highest BCUT2D eigenvalue weighted by Gasteiger charge is 2.17. The number of halogens is 1. The Labute approximate surface area is 89.9 Å². The van der Waals surface area contributed by atoms with E-state index in [0.717, 1.165) is 5.69 Å². The third-order valence-electron chi connectivity index (χ3n) is 2.19. The summed E-state index contributed by atoms with van der Waals surface area (Å²) in [7, 11) is 0. The number of rotatable bonds is 1. The van der Waals surface area contributed by atoms with Gasteiger partial charge in [0, 0.05) is 5.92 Å². The van der Waals surface area contributed by atoms with E-state index in [-0.39, 0.29) is 0 Å². The molecule has 0 aliphatic carbocycles. The van der Waals surface area contributed by atoms with Crippen molar-refractivity contribution in [3.05, 3.63) is 16.6 Å². The van der Waals surface area contributed by atoms with Crippen LogP contribution in [0.4, 0.5) is 0 Å². The van der Waals surface area contributed by atoms with E-state index >= 15 is 0 Å². The molecule has 70 valence electrons. The lowest BCUT2D eigenvalue weighted by molar-refractivity contribution is 0.608. The third-order valence-corrected chi connectivity index (χ3v) is 3.58. The Morgan fingerprint density at radius 2 is 2.15 bits per heavy atom. The standard InChI is InChI=1S/C8H10BrN3S/c9-8-11-7(5-10-12-8)6-1-3-13-4-2-6/h5-6H,1-4H2. The van der Waals surface area contributed by atoms with E-state index in [2.05, 4.69) is 31.1 Å². The van der Waals surface area contributed by atoms with Crippen LogP contribution in [0.5, 0.6) is 0 Å². The number of nitrogens with zero attached hydrogens (tertiary/aromatic N) is 3. The summed E-state index contributed by atoms with van der Waals surface area (Å²) in [6.07, 6.45) is 4.22. The van der Waals surface area contributed by atoms with Crippen molar-refractivity contribution in [3.8, 4) is 0 Å². The minimum atomic E-state index is 0.591. The Morgan fingerprint density at radius 3 is 2.85 bits per heavy atom. The van der Waals surface area contributed by atoms with Gasteiger partial charge in [0.2, 0.25) is 4.73 Å². The highest BCUT2D eigenvalue weighted by molar-refractivity contribution is 9.10. The first-order valence-corrected chi connectivity index (χ1v) is 6.24. The van der Waals surface area contributed by atoms with Crippen molar-refractivity contribution in [2.45, 2.75) is 18.8 Å². The molecule has 5 heteroatoms. The first-order chi connectivity index (χ1) is 6.36. The largest absolute Gasteiger partial charge is 0.224 e. The van der Waals surface area contributed by atoms with Gasteiger partial charge in [0.1, 0.15) is 0 Å². The quantitative estimate of drug-likeness (QED) is 0.776. The normalized spacial score (nSPS) is 18.8. The van der Waals surface area contributed by atoms with Gasteiger partial charge in [-0.1, -0.05) is 0 Å². The second-order valence-electron chi connectivity index (χ2n) is 3.04. The molecule has 3 nitrogen and oxygen atoms in total. The van der Waals surface area contributed by atoms with Crippen LogP contribution in [0.3, 0.4) is 0 Å². The van der Waals surface area contributed by atoms with E-state index in [4.69, 9.17) is 0 Å². The second-order valence-corrected chi connectivity index (χ2v) is 4.97. The summed E-state index contributed by atoms with van der Waals surface area (Å²) >= 11 is 5.26. The maximum Gasteiger partial charge on any atom is 0.218 e. The van der Waals surface area contributed by atoms with Crippen molar-refractivity contribution in [1.82, 2.24) is 15.2 Å². The van der Waals surface area contributed by atoms with Gasteiger partial charge in [-0.15, -0.1) is 5.10 Å². The zero-order valence-electron chi connectivity index (χ0n) is 7.11. The average Bonchev–Trinajstić information content (AvgIpc) is 2.19. The fraction of sp³-hybridized carbons (Fsp3) is 0.625. The molecule has 0 atom stereocenters. The average molecular weight is 260 g/mol. The highest BCUT2D eigenvalue weighted by Crippen LogP contribution is 2.30. The lowest BCUT2D eigenvalue weighted by Gasteiger charge is -2.19. The lowest BCUT2D eigenvalue weighted by Crippen LogP contribution is -2.10. The molecular weight excluding hydrogens is 250 g/mol. The molecule has 0 amide bonds. The number of hydrogen-bond donors (Lipinski definition) is 0. The van der Waals surface area contributed by atoms with E-state index in [1.54, 1.807) is 6.20 Å². The monoisotopic (exact) mass is 259 g/mol. The molecule has 0 spiro atoms. The Kier molecular flexibility index (Phi) is 3.16. The minimum absolute atomic E-state index is 0.591. The molecule has 1 aromatic heterocycles. The van der Waals surface area contributed by atoms with Crippen LogP contribution in [0.1, 0.15) is 24.5 Å². The first kappa shape index (κ1) is 9.40. The van der Waals surface area contributed by atoms with E-state index < -0.39 is 0 Å². The van der Waals surface area contributed by atoms with Crippen LogP contribution in [0.2, 0.25) is 0 Å². The van der Waals surface area contributed by atoms with Gasteiger partial charge < -0.3 is 0 Å². The SMILES string of the molecule is Brc1nncc(C2CCSCC2)n1. The van der Waals surface area contributed by atoms with Gasteiger partial charge in [0.15, 0.2) is 0 Å². The van der Waals surface area contributed by atoms with Gasteiger partial charge in [-0.25, -0.2) is 4.98 Å². The van der Waals surface area contributed by atoms with Gasteiger partial charge in [-0.2, -0.15) is 16.9 Å². The predicted molar refractivity (Wildman–Crippen MR) is 56.8 cm³/mol. The summed E-state index contributed by atoms with van der Waals surface area (Å²) in [6.45, 7) is 0. The molecule has 1 aromatic rings. The van der Waals surface area contributed by atoms with Gasteiger partial charge in [0.05, 0.1) is 11.9 Å². The zero-order chi connectivity index (χ0) is 9.10. The van der Waals surface area contributed by atoms with E-state index in [1.165, 1.54) is 24.3 Å². The molecular formula is C8H10BrN3S. The molecule has 0 saturated carbocycles. The molecule has 1 saturated heterocycles. The molecule has 13 heavy (non-hydrogen) atoms. The third kappa shape index (κ3) is 2.40. The van der Waals surface area contributed by atoms with Gasteiger partial charge in [0.25, 0.3) is 0 Å². The van der Waals surface area contributed by atoms with Crippen LogP contribution < -0.4 is 0 Å². The molecule has 1 aliphatic heterocycles. The number of thioether (sulfide) groups is 1. The predicted octanol–water partition coefficient (Wildman–Crippen LogP) is 2.24. The van der Waals surface area contributed by atoms with Crippen LogP contribution in [-0.2, 0) is 0 Å². The minimum Gasteiger partial charge on any atom is -0.224 e. The number of hydrogen-bond acceptors (Lipinski definition) is 4. The molecule has 2 heterocycles. The van der Waals surface area contributed by atoms with E-state index in [0.29, 0.717) is 10.7 Å². The molecule has 0 aromatic carbocycles. The van der Waals surface area contributed by atoms with Gasteiger partial charge in [-0.05, 0) is 40.3 Å². The topological polar surface area (TPSA) is 38.7 Å². The summed E-state index contributed by atoms with van der Waals surface area (Å²) in [5, 5.41) is 7.68. The fourth-order valence-electron chi connectivity index (χ4n) is 1.48. The van der Waals surface area contributed by atoms with Crippen molar-refractivity contribution >= 4 is 27.7 Å². The summed E-state index contributed by atoms with van der Waals surface area (Å²) in [6, 6.07) is 0. The Balaban J connectivity index is 2.14. The summed E-state index contributed by atoms with van der Waals surface area (Å²) in [4.78, 5) is 4.33. The van der Waals surface area contributed by atoms with Crippen LogP contribution in [0.15, 0.2) is 10.9 Å². The van der Waals surface area contributed by atoms with E-state index in [1.807, 2.05) is 11.8 Å². The maximum absolute atomic E-state index is 4.33. The van der Waals surface area contributed by atoms with Crippen LogP contribution in [0.25, 0.3) is 0 Å². The lowest BCUT2D eigenvalue weighted by atomic mass is 10.00. The molecule has 1 fully saturated rings. The van der Waals surface area contributed by atoms with Gasteiger partial charge in [-0.3, -0.25) is 0 Å². The van der Waals surface area contributed by atoms with Crippen LogP contribution in [-0.4, -0.2) is 26.7 Å². The smallest absolute Gasteiger partial charge is 0.218 e. The summed E-state index contributed by atoms with van der Waals surface area (Å²) < 4.78 is 0.600. The zero-order valence-corrected chi connectivity index (χ0v) is 9.51. The Hall–Kier alpha value is -0.160. The van der Waals surface area contributed by atoms with Crippen molar-refractivity contribution in [3.63, 3.8) is 0 Å². The second kappa shape index (κ2) is 4.37. The Morgan fingerprint density at radius 1 is 1.38 bits per heavy atom. The number of aromatic nitrogens is 3. The van der Waals surface area contributed by atoms with Crippen molar-refractivity contribution < 1.29 is 0 Å². The van der Waals surface area contributed by atoms with Crippen molar-refractivity contribution in [2.75, 3.05) is 11.5 Å². The molecule has 1 aliphatic rings. The summed E-state index contributed by atoms with van der Waals surface area (Å²) in [5.41, 5.74) is 1.09.